The first-order chi connectivity index (χ1) is 7.24. The van der Waals surface area contributed by atoms with Gasteiger partial charge in [0.25, 0.3) is 0 Å². The van der Waals surface area contributed by atoms with Crippen LogP contribution in [0.1, 0.15) is 20.3 Å². The monoisotopic (exact) mass is 229 g/mol. The fourth-order valence-electron chi connectivity index (χ4n) is 1.35. The molecule has 0 saturated carbocycles. The molecule has 1 aromatic heterocycles. The molecule has 0 aliphatic rings. The van der Waals surface area contributed by atoms with Gasteiger partial charge in [-0.05, 0) is 25.8 Å². The van der Waals surface area contributed by atoms with Crippen LogP contribution in [0.25, 0.3) is 0 Å². The van der Waals surface area contributed by atoms with Crippen LogP contribution in [-0.2, 0) is 6.54 Å². The molecule has 4 heteroatoms. The van der Waals surface area contributed by atoms with Crippen LogP contribution in [0.2, 0.25) is 0 Å². The van der Waals surface area contributed by atoms with Crippen molar-refractivity contribution in [2.75, 3.05) is 12.4 Å². The summed E-state index contributed by atoms with van der Waals surface area (Å²) in [5.41, 5.74) is 0. The fourth-order valence-corrected chi connectivity index (χ4v) is 1.61. The minimum atomic E-state index is 0.491. The van der Waals surface area contributed by atoms with Gasteiger partial charge in [0.05, 0.1) is 6.33 Å². The number of hydrogen-bond acceptors (Lipinski definition) is 2. The Labute approximate surface area is 96.8 Å². The van der Waals surface area contributed by atoms with Gasteiger partial charge >= 0.3 is 0 Å². The molecule has 0 bridgehead atoms. The maximum absolute atomic E-state index is 5.79. The zero-order valence-corrected chi connectivity index (χ0v) is 10.2. The van der Waals surface area contributed by atoms with Crippen molar-refractivity contribution in [1.82, 2.24) is 14.9 Å². The highest BCUT2D eigenvalue weighted by atomic mass is 35.5. The first kappa shape index (κ1) is 12.5. The summed E-state index contributed by atoms with van der Waals surface area (Å²) in [6.45, 7) is 6.40. The third kappa shape index (κ3) is 4.67. The molecule has 1 heterocycles. The van der Waals surface area contributed by atoms with Crippen molar-refractivity contribution in [3.05, 3.63) is 18.7 Å². The van der Waals surface area contributed by atoms with Crippen molar-refractivity contribution < 1.29 is 0 Å². The molecule has 0 aliphatic carbocycles. The van der Waals surface area contributed by atoms with Gasteiger partial charge in [0, 0.05) is 30.9 Å². The number of nitrogens with zero attached hydrogens (tertiary/aromatic N) is 2. The average Bonchev–Trinajstić information content (AvgIpc) is 2.75. The molecule has 15 heavy (non-hydrogen) atoms. The molecule has 0 aromatic carbocycles. The standard InChI is InChI=1S/C11H20ClN3/c1-10(8-12)11(2)14-4-3-6-15-7-5-13-9-15/h5,7,9-11,14H,3-4,6,8H2,1-2H3. The second-order valence-corrected chi connectivity index (χ2v) is 4.34. The van der Waals surface area contributed by atoms with Gasteiger partial charge in [0.1, 0.15) is 0 Å². The first-order valence-electron chi connectivity index (χ1n) is 5.49. The molecule has 1 rings (SSSR count). The van der Waals surface area contributed by atoms with Gasteiger partial charge in [-0.15, -0.1) is 11.6 Å². The second kappa shape index (κ2) is 6.85. The van der Waals surface area contributed by atoms with E-state index in [1.54, 1.807) is 0 Å². The first-order valence-corrected chi connectivity index (χ1v) is 6.02. The SMILES string of the molecule is CC(CCl)C(C)NCCCn1ccnc1. The highest BCUT2D eigenvalue weighted by molar-refractivity contribution is 6.18. The third-order valence-electron chi connectivity index (χ3n) is 2.72. The minimum Gasteiger partial charge on any atom is -0.337 e. The molecular weight excluding hydrogens is 210 g/mol. The van der Waals surface area contributed by atoms with E-state index in [9.17, 15) is 0 Å². The smallest absolute Gasteiger partial charge is 0.0945 e. The Kier molecular flexibility index (Phi) is 5.73. The number of hydrogen-bond donors (Lipinski definition) is 1. The summed E-state index contributed by atoms with van der Waals surface area (Å²) in [6.07, 6.45) is 6.77. The summed E-state index contributed by atoms with van der Waals surface area (Å²) >= 11 is 5.79. The zero-order chi connectivity index (χ0) is 11.1. The van der Waals surface area contributed by atoms with Gasteiger partial charge in [0.2, 0.25) is 0 Å². The topological polar surface area (TPSA) is 29.9 Å². The van der Waals surface area contributed by atoms with E-state index in [0.29, 0.717) is 12.0 Å². The number of rotatable bonds is 7. The van der Waals surface area contributed by atoms with Crippen LogP contribution in [0.5, 0.6) is 0 Å². The second-order valence-electron chi connectivity index (χ2n) is 4.03. The van der Waals surface area contributed by atoms with E-state index in [2.05, 4.69) is 28.7 Å². The lowest BCUT2D eigenvalue weighted by atomic mass is 10.1. The van der Waals surface area contributed by atoms with Crippen molar-refractivity contribution in [2.45, 2.75) is 32.9 Å². The van der Waals surface area contributed by atoms with Gasteiger partial charge in [0.15, 0.2) is 0 Å². The van der Waals surface area contributed by atoms with E-state index >= 15 is 0 Å². The summed E-state index contributed by atoms with van der Waals surface area (Å²) in [7, 11) is 0. The molecular formula is C11H20ClN3. The zero-order valence-electron chi connectivity index (χ0n) is 9.49. The molecule has 0 aliphatic heterocycles. The maximum Gasteiger partial charge on any atom is 0.0945 e. The predicted octanol–water partition coefficient (Wildman–Crippen LogP) is 2.13. The molecule has 3 nitrogen and oxygen atoms in total. The van der Waals surface area contributed by atoms with Gasteiger partial charge in [-0.1, -0.05) is 6.92 Å². The summed E-state index contributed by atoms with van der Waals surface area (Å²) in [5, 5.41) is 3.48. The molecule has 0 spiro atoms. The van der Waals surface area contributed by atoms with E-state index < -0.39 is 0 Å². The van der Waals surface area contributed by atoms with Crippen LogP contribution in [0, 0.1) is 5.92 Å². The van der Waals surface area contributed by atoms with E-state index in [1.807, 2.05) is 18.7 Å². The summed E-state index contributed by atoms with van der Waals surface area (Å²) in [4.78, 5) is 4.00. The molecule has 2 atom stereocenters. The molecule has 0 radical (unpaired) electrons. The molecule has 1 aromatic rings. The quantitative estimate of drug-likeness (QED) is 0.574. The number of aryl methyl sites for hydroxylation is 1. The molecule has 1 N–H and O–H groups in total. The van der Waals surface area contributed by atoms with Crippen LogP contribution < -0.4 is 5.32 Å². The van der Waals surface area contributed by atoms with Crippen molar-refractivity contribution in [2.24, 2.45) is 5.92 Å². The van der Waals surface area contributed by atoms with Crippen LogP contribution in [0.3, 0.4) is 0 Å². The Bertz CT molecular complexity index is 248. The van der Waals surface area contributed by atoms with Crippen LogP contribution in [-0.4, -0.2) is 28.0 Å². The number of aromatic nitrogens is 2. The molecule has 86 valence electrons. The van der Waals surface area contributed by atoms with Crippen LogP contribution in [0.15, 0.2) is 18.7 Å². The molecule has 0 amide bonds. The highest BCUT2D eigenvalue weighted by Crippen LogP contribution is 2.04. The summed E-state index contributed by atoms with van der Waals surface area (Å²) < 4.78 is 2.09. The van der Waals surface area contributed by atoms with Gasteiger partial charge in [-0.3, -0.25) is 0 Å². The highest BCUT2D eigenvalue weighted by Gasteiger charge is 2.09. The van der Waals surface area contributed by atoms with E-state index in [1.165, 1.54) is 0 Å². The van der Waals surface area contributed by atoms with Gasteiger partial charge < -0.3 is 9.88 Å². The van der Waals surface area contributed by atoms with E-state index in [0.717, 1.165) is 25.4 Å². The third-order valence-corrected chi connectivity index (χ3v) is 3.20. The van der Waals surface area contributed by atoms with Crippen LogP contribution in [0.4, 0.5) is 0 Å². The Hall–Kier alpha value is -0.540. The van der Waals surface area contributed by atoms with Gasteiger partial charge in [-0.25, -0.2) is 4.98 Å². The Morgan fingerprint density at radius 1 is 1.47 bits per heavy atom. The predicted molar refractivity (Wildman–Crippen MR) is 64.2 cm³/mol. The molecule has 0 fully saturated rings. The minimum absolute atomic E-state index is 0.491. The summed E-state index contributed by atoms with van der Waals surface area (Å²) in [5.74, 6) is 1.25. The lowest BCUT2D eigenvalue weighted by molar-refractivity contribution is 0.421. The number of nitrogens with one attached hydrogen (secondary N) is 1. The Balaban J connectivity index is 2.06. The van der Waals surface area contributed by atoms with E-state index in [-0.39, 0.29) is 0 Å². The lowest BCUT2D eigenvalue weighted by Crippen LogP contribution is -2.33. The van der Waals surface area contributed by atoms with Crippen molar-refractivity contribution in [1.29, 1.82) is 0 Å². The fraction of sp³-hybridized carbons (Fsp3) is 0.727. The molecule has 2 unspecified atom stereocenters. The number of imidazole rings is 1. The Morgan fingerprint density at radius 3 is 2.87 bits per heavy atom. The lowest BCUT2D eigenvalue weighted by Gasteiger charge is -2.19. The average molecular weight is 230 g/mol. The van der Waals surface area contributed by atoms with Crippen LogP contribution >= 0.6 is 11.6 Å². The number of alkyl halides is 1. The van der Waals surface area contributed by atoms with Crippen molar-refractivity contribution in [3.8, 4) is 0 Å². The number of halogens is 1. The van der Waals surface area contributed by atoms with E-state index in [4.69, 9.17) is 11.6 Å². The van der Waals surface area contributed by atoms with Crippen molar-refractivity contribution in [3.63, 3.8) is 0 Å². The largest absolute Gasteiger partial charge is 0.337 e. The maximum atomic E-state index is 5.79. The Morgan fingerprint density at radius 2 is 2.27 bits per heavy atom. The molecule has 0 saturated heterocycles. The van der Waals surface area contributed by atoms with Crippen molar-refractivity contribution >= 4 is 11.6 Å². The normalized spacial score (nSPS) is 15.1. The summed E-state index contributed by atoms with van der Waals surface area (Å²) in [6, 6.07) is 0.491. The van der Waals surface area contributed by atoms with Gasteiger partial charge in [-0.2, -0.15) is 0 Å².